The largest absolute Gasteiger partial charge is 0.381 e. The molecule has 2 aliphatic heterocycles. The summed E-state index contributed by atoms with van der Waals surface area (Å²) in [6.45, 7) is 4.05. The fraction of sp³-hybridized carbons (Fsp3) is 0.909. The lowest BCUT2D eigenvalue weighted by Crippen LogP contribution is -2.39. The van der Waals surface area contributed by atoms with Crippen molar-refractivity contribution in [1.29, 1.82) is 5.41 Å². The monoisotopic (exact) mass is 196 g/mol. The van der Waals surface area contributed by atoms with Gasteiger partial charge in [-0.1, -0.05) is 0 Å². The van der Waals surface area contributed by atoms with Gasteiger partial charge in [0.2, 0.25) is 0 Å². The molecule has 0 bridgehead atoms. The molecule has 2 heterocycles. The van der Waals surface area contributed by atoms with Gasteiger partial charge in [0.15, 0.2) is 0 Å². The fourth-order valence-corrected chi connectivity index (χ4v) is 2.33. The van der Waals surface area contributed by atoms with E-state index in [2.05, 4.69) is 4.90 Å². The van der Waals surface area contributed by atoms with Crippen molar-refractivity contribution in [3.8, 4) is 0 Å². The number of hydrogen-bond acceptors (Lipinski definition) is 2. The first kappa shape index (κ1) is 9.97. The maximum absolute atomic E-state index is 7.86. The van der Waals surface area contributed by atoms with Gasteiger partial charge in [0.1, 0.15) is 0 Å². The van der Waals surface area contributed by atoms with Gasteiger partial charge in [-0.25, -0.2) is 0 Å². The van der Waals surface area contributed by atoms with Crippen LogP contribution in [0.5, 0.6) is 0 Å². The molecule has 0 atom stereocenters. The Morgan fingerprint density at radius 3 is 2.79 bits per heavy atom. The van der Waals surface area contributed by atoms with Crippen molar-refractivity contribution in [3.05, 3.63) is 0 Å². The third kappa shape index (κ3) is 2.47. The zero-order chi connectivity index (χ0) is 9.80. The van der Waals surface area contributed by atoms with Crippen molar-refractivity contribution in [3.63, 3.8) is 0 Å². The summed E-state index contributed by atoms with van der Waals surface area (Å²) in [4.78, 5) is 2.28. The molecule has 14 heavy (non-hydrogen) atoms. The van der Waals surface area contributed by atoms with Gasteiger partial charge < -0.3 is 9.64 Å². The molecule has 1 N–H and O–H groups in total. The molecule has 80 valence electrons. The highest BCUT2D eigenvalue weighted by atomic mass is 16.5. The zero-order valence-electron chi connectivity index (χ0n) is 8.80. The van der Waals surface area contributed by atoms with Crippen LogP contribution in [0.2, 0.25) is 0 Å². The summed E-state index contributed by atoms with van der Waals surface area (Å²) in [5.41, 5.74) is 0. The third-order valence-corrected chi connectivity index (χ3v) is 3.29. The Labute approximate surface area is 85.9 Å². The van der Waals surface area contributed by atoms with Gasteiger partial charge >= 0.3 is 0 Å². The van der Waals surface area contributed by atoms with Crippen LogP contribution in [0.3, 0.4) is 0 Å². The van der Waals surface area contributed by atoms with Crippen molar-refractivity contribution < 1.29 is 4.74 Å². The lowest BCUT2D eigenvalue weighted by Gasteiger charge is -2.34. The van der Waals surface area contributed by atoms with Crippen molar-refractivity contribution in [2.75, 3.05) is 26.3 Å². The van der Waals surface area contributed by atoms with Crippen molar-refractivity contribution >= 4 is 5.84 Å². The van der Waals surface area contributed by atoms with Crippen LogP contribution in [0.4, 0.5) is 0 Å². The number of amidine groups is 1. The van der Waals surface area contributed by atoms with E-state index in [-0.39, 0.29) is 0 Å². The molecular formula is C11H20N2O. The van der Waals surface area contributed by atoms with E-state index in [1.165, 1.54) is 25.7 Å². The SMILES string of the molecule is N=C1CCCCN1CC1CCOCC1. The van der Waals surface area contributed by atoms with E-state index in [4.69, 9.17) is 10.1 Å². The minimum atomic E-state index is 0.766. The fourth-order valence-electron chi connectivity index (χ4n) is 2.33. The number of nitrogens with one attached hydrogen (secondary N) is 1. The Morgan fingerprint density at radius 1 is 1.29 bits per heavy atom. The van der Waals surface area contributed by atoms with Crippen LogP contribution in [0.15, 0.2) is 0 Å². The molecule has 0 radical (unpaired) electrons. The minimum absolute atomic E-state index is 0.766. The second-order valence-corrected chi connectivity index (χ2v) is 4.41. The standard InChI is InChI=1S/C11H20N2O/c12-11-3-1-2-6-13(11)9-10-4-7-14-8-5-10/h10,12H,1-9H2. The van der Waals surface area contributed by atoms with Crippen molar-refractivity contribution in [2.45, 2.75) is 32.1 Å². The molecule has 0 spiro atoms. The molecule has 0 aromatic carbocycles. The molecule has 3 nitrogen and oxygen atoms in total. The van der Waals surface area contributed by atoms with Gasteiger partial charge in [-0.05, 0) is 31.6 Å². The summed E-state index contributed by atoms with van der Waals surface area (Å²) in [7, 11) is 0. The molecule has 2 fully saturated rings. The average molecular weight is 196 g/mol. The van der Waals surface area contributed by atoms with Crippen LogP contribution in [-0.2, 0) is 4.74 Å². The molecule has 3 heteroatoms. The first-order chi connectivity index (χ1) is 6.86. The van der Waals surface area contributed by atoms with E-state index in [1.54, 1.807) is 0 Å². The first-order valence-electron chi connectivity index (χ1n) is 5.76. The molecular weight excluding hydrogens is 176 g/mol. The van der Waals surface area contributed by atoms with Gasteiger partial charge in [0.25, 0.3) is 0 Å². The second kappa shape index (κ2) is 4.78. The first-order valence-corrected chi connectivity index (χ1v) is 5.76. The van der Waals surface area contributed by atoms with E-state index in [0.29, 0.717) is 0 Å². The molecule has 0 saturated carbocycles. The quantitative estimate of drug-likeness (QED) is 0.732. The second-order valence-electron chi connectivity index (χ2n) is 4.41. The van der Waals surface area contributed by atoms with Crippen LogP contribution >= 0.6 is 0 Å². The highest BCUT2D eigenvalue weighted by Gasteiger charge is 2.20. The summed E-state index contributed by atoms with van der Waals surface area (Å²) >= 11 is 0. The van der Waals surface area contributed by atoms with Gasteiger partial charge in [-0.15, -0.1) is 0 Å². The summed E-state index contributed by atoms with van der Waals surface area (Å²) < 4.78 is 5.34. The zero-order valence-corrected chi connectivity index (χ0v) is 8.80. The Kier molecular flexibility index (Phi) is 3.40. The predicted molar refractivity (Wildman–Crippen MR) is 56.7 cm³/mol. The summed E-state index contributed by atoms with van der Waals surface area (Å²) in [6, 6.07) is 0. The van der Waals surface area contributed by atoms with Crippen LogP contribution in [0, 0.1) is 11.3 Å². The van der Waals surface area contributed by atoms with Crippen molar-refractivity contribution in [1.82, 2.24) is 4.90 Å². The number of ether oxygens (including phenoxy) is 1. The Hall–Kier alpha value is -0.570. The van der Waals surface area contributed by atoms with E-state index in [1.807, 2.05) is 0 Å². The number of piperidine rings is 1. The normalized spacial score (nSPS) is 25.4. The molecule has 0 aromatic heterocycles. The van der Waals surface area contributed by atoms with E-state index >= 15 is 0 Å². The number of hydrogen-bond donors (Lipinski definition) is 1. The van der Waals surface area contributed by atoms with E-state index in [9.17, 15) is 0 Å². The molecule has 2 rings (SSSR count). The van der Waals surface area contributed by atoms with Gasteiger partial charge in [-0.2, -0.15) is 0 Å². The van der Waals surface area contributed by atoms with Crippen LogP contribution in [0.1, 0.15) is 32.1 Å². The third-order valence-electron chi connectivity index (χ3n) is 3.29. The average Bonchev–Trinajstić information content (AvgIpc) is 2.23. The Bertz CT molecular complexity index is 199. The summed E-state index contributed by atoms with van der Waals surface area (Å²) in [5, 5.41) is 7.86. The van der Waals surface area contributed by atoms with E-state index in [0.717, 1.165) is 44.5 Å². The maximum atomic E-state index is 7.86. The molecule has 0 unspecified atom stereocenters. The van der Waals surface area contributed by atoms with Crippen molar-refractivity contribution in [2.24, 2.45) is 5.92 Å². The highest BCUT2D eigenvalue weighted by molar-refractivity contribution is 5.79. The molecule has 2 aliphatic rings. The van der Waals surface area contributed by atoms with Gasteiger partial charge in [0, 0.05) is 32.7 Å². The summed E-state index contributed by atoms with van der Waals surface area (Å²) in [5.74, 6) is 1.63. The number of rotatable bonds is 2. The molecule has 0 aromatic rings. The van der Waals surface area contributed by atoms with Crippen LogP contribution in [0.25, 0.3) is 0 Å². The van der Waals surface area contributed by atoms with Gasteiger partial charge in [-0.3, -0.25) is 5.41 Å². The minimum Gasteiger partial charge on any atom is -0.381 e. The lowest BCUT2D eigenvalue weighted by molar-refractivity contribution is 0.0587. The smallest absolute Gasteiger partial charge is 0.0957 e. The van der Waals surface area contributed by atoms with E-state index < -0.39 is 0 Å². The highest BCUT2D eigenvalue weighted by Crippen LogP contribution is 2.19. The summed E-state index contributed by atoms with van der Waals surface area (Å²) in [6.07, 6.45) is 5.84. The number of nitrogens with zero attached hydrogens (tertiary/aromatic N) is 1. The van der Waals surface area contributed by atoms with Crippen LogP contribution in [-0.4, -0.2) is 37.0 Å². The lowest BCUT2D eigenvalue weighted by atomic mass is 9.98. The molecule has 0 amide bonds. The van der Waals surface area contributed by atoms with Gasteiger partial charge in [0.05, 0.1) is 5.84 Å². The molecule has 0 aliphatic carbocycles. The Morgan fingerprint density at radius 2 is 2.07 bits per heavy atom. The predicted octanol–water partition coefficient (Wildman–Crippen LogP) is 1.88. The maximum Gasteiger partial charge on any atom is 0.0957 e. The number of likely N-dealkylation sites (tertiary alicyclic amines) is 1. The molecule has 2 saturated heterocycles. The topological polar surface area (TPSA) is 36.3 Å². The Balaban J connectivity index is 1.79. The van der Waals surface area contributed by atoms with Crippen LogP contribution < -0.4 is 0 Å².